The molecule has 140 valence electrons. The molecule has 1 aliphatic rings. The number of unbranched alkanes of at least 4 members (excludes halogenated alkanes) is 2. The number of aryl methyl sites for hydroxylation is 1. The fraction of sp³-hybridized carbons (Fsp3) is 0.429. The van der Waals surface area contributed by atoms with E-state index in [1.54, 1.807) is 6.07 Å². The summed E-state index contributed by atoms with van der Waals surface area (Å²) in [5.41, 5.74) is 2.38. The molecule has 0 radical (unpaired) electrons. The Morgan fingerprint density at radius 3 is 2.46 bits per heavy atom. The summed E-state index contributed by atoms with van der Waals surface area (Å²) in [7, 11) is 0. The van der Waals surface area contributed by atoms with Gasteiger partial charge in [0.1, 0.15) is 5.82 Å². The topological polar surface area (TPSA) is 9.23 Å². The molecule has 2 aromatic carbocycles. The van der Waals surface area contributed by atoms with Crippen LogP contribution in [0.25, 0.3) is 0 Å². The van der Waals surface area contributed by atoms with Gasteiger partial charge < -0.3 is 4.74 Å². The van der Waals surface area contributed by atoms with Gasteiger partial charge in [-0.15, -0.1) is 0 Å². The number of ether oxygens (including phenoxy) is 1. The second-order valence-electron chi connectivity index (χ2n) is 6.80. The van der Waals surface area contributed by atoms with E-state index in [2.05, 4.69) is 6.92 Å². The molecular formula is C21H22F4O. The molecule has 1 atom stereocenters. The van der Waals surface area contributed by atoms with E-state index in [1.807, 2.05) is 6.07 Å². The van der Waals surface area contributed by atoms with Gasteiger partial charge in [-0.2, -0.15) is 13.2 Å². The molecule has 0 N–H and O–H groups in total. The molecule has 1 nitrogen and oxygen atoms in total. The number of hydrogen-bond acceptors (Lipinski definition) is 1. The highest BCUT2D eigenvalue weighted by Crippen LogP contribution is 2.35. The fourth-order valence-corrected chi connectivity index (χ4v) is 3.37. The van der Waals surface area contributed by atoms with Gasteiger partial charge in [0.2, 0.25) is 0 Å². The van der Waals surface area contributed by atoms with Gasteiger partial charge in [0, 0.05) is 6.42 Å². The number of halogens is 4. The van der Waals surface area contributed by atoms with Crippen molar-refractivity contribution in [2.75, 3.05) is 0 Å². The summed E-state index contributed by atoms with van der Waals surface area (Å²) in [5, 5.41) is 0. The molecule has 1 heterocycles. The van der Waals surface area contributed by atoms with E-state index in [1.165, 1.54) is 12.1 Å². The minimum Gasteiger partial charge on any atom is -0.368 e. The summed E-state index contributed by atoms with van der Waals surface area (Å²) in [6.45, 7) is 2.40. The SMILES string of the molecule is CCCCCc1cc(F)c2c(c1)COC(c1ccc(C(F)(F)F)cc1)C2. The molecule has 2 aromatic rings. The quantitative estimate of drug-likeness (QED) is 0.440. The van der Waals surface area contributed by atoms with Crippen molar-refractivity contribution in [3.8, 4) is 0 Å². The van der Waals surface area contributed by atoms with Crippen molar-refractivity contribution in [2.24, 2.45) is 0 Å². The summed E-state index contributed by atoms with van der Waals surface area (Å²) < 4.78 is 58.4. The van der Waals surface area contributed by atoms with Gasteiger partial charge in [-0.25, -0.2) is 4.39 Å². The lowest BCUT2D eigenvalue weighted by atomic mass is 9.92. The van der Waals surface area contributed by atoms with Gasteiger partial charge in [0.25, 0.3) is 0 Å². The Labute approximate surface area is 151 Å². The van der Waals surface area contributed by atoms with Crippen molar-refractivity contribution < 1.29 is 22.3 Å². The van der Waals surface area contributed by atoms with E-state index in [0.717, 1.165) is 48.9 Å². The first kappa shape index (κ1) is 18.9. The molecule has 5 heteroatoms. The van der Waals surface area contributed by atoms with Crippen LogP contribution in [-0.4, -0.2) is 0 Å². The molecule has 0 saturated heterocycles. The third kappa shape index (κ3) is 4.26. The second kappa shape index (κ2) is 7.78. The number of fused-ring (bicyclic) bond motifs is 1. The van der Waals surface area contributed by atoms with E-state index in [-0.39, 0.29) is 12.4 Å². The maximum absolute atomic E-state index is 14.5. The average molecular weight is 366 g/mol. The van der Waals surface area contributed by atoms with Crippen molar-refractivity contribution in [1.82, 2.24) is 0 Å². The van der Waals surface area contributed by atoms with Gasteiger partial charge in [-0.1, -0.05) is 38.0 Å². The van der Waals surface area contributed by atoms with Crippen LogP contribution >= 0.6 is 0 Å². The van der Waals surface area contributed by atoms with Crippen LogP contribution in [0.3, 0.4) is 0 Å². The van der Waals surface area contributed by atoms with Gasteiger partial charge in [0.15, 0.2) is 0 Å². The van der Waals surface area contributed by atoms with Crippen molar-refractivity contribution in [3.05, 3.63) is 70.0 Å². The predicted octanol–water partition coefficient (Wildman–Crippen LogP) is 6.39. The minimum atomic E-state index is -4.36. The summed E-state index contributed by atoms with van der Waals surface area (Å²) >= 11 is 0. The van der Waals surface area contributed by atoms with Crippen molar-refractivity contribution in [3.63, 3.8) is 0 Å². The number of rotatable bonds is 5. The highest BCUT2D eigenvalue weighted by atomic mass is 19.4. The number of benzene rings is 2. The lowest BCUT2D eigenvalue weighted by Crippen LogP contribution is -2.18. The maximum atomic E-state index is 14.5. The molecule has 3 rings (SSSR count). The zero-order valence-electron chi connectivity index (χ0n) is 14.7. The summed E-state index contributed by atoms with van der Waals surface area (Å²) in [6.07, 6.45) is -0.341. The molecule has 0 bridgehead atoms. The van der Waals surface area contributed by atoms with Crippen LogP contribution in [0.1, 0.15) is 60.1 Å². The molecule has 26 heavy (non-hydrogen) atoms. The summed E-state index contributed by atoms with van der Waals surface area (Å²) in [6, 6.07) is 8.49. The van der Waals surface area contributed by atoms with Crippen LogP contribution in [0.2, 0.25) is 0 Å². The lowest BCUT2D eigenvalue weighted by molar-refractivity contribution is -0.137. The Balaban J connectivity index is 1.75. The first-order valence-electron chi connectivity index (χ1n) is 8.97. The lowest BCUT2D eigenvalue weighted by Gasteiger charge is -2.27. The van der Waals surface area contributed by atoms with E-state index in [4.69, 9.17) is 4.74 Å². The van der Waals surface area contributed by atoms with Crippen molar-refractivity contribution in [1.29, 1.82) is 0 Å². The van der Waals surface area contributed by atoms with E-state index in [0.29, 0.717) is 17.5 Å². The third-order valence-corrected chi connectivity index (χ3v) is 4.86. The zero-order valence-corrected chi connectivity index (χ0v) is 14.7. The van der Waals surface area contributed by atoms with Crippen LogP contribution < -0.4 is 0 Å². The Morgan fingerprint density at radius 1 is 1.08 bits per heavy atom. The standard InChI is InChI=1S/C21H22F4O/c1-2-3-4-5-14-10-16-13-26-20(12-18(16)19(22)11-14)15-6-8-17(9-7-15)21(23,24)25/h6-11,20H,2-5,12-13H2,1H3. The van der Waals surface area contributed by atoms with Crippen LogP contribution in [0.5, 0.6) is 0 Å². The molecule has 0 spiro atoms. The molecule has 1 unspecified atom stereocenters. The van der Waals surface area contributed by atoms with E-state index < -0.39 is 17.8 Å². The Hall–Kier alpha value is -1.88. The Kier molecular flexibility index (Phi) is 5.66. The molecule has 0 aromatic heterocycles. The van der Waals surface area contributed by atoms with Crippen LogP contribution in [-0.2, 0) is 30.4 Å². The molecule has 0 amide bonds. The first-order chi connectivity index (χ1) is 12.4. The largest absolute Gasteiger partial charge is 0.416 e. The van der Waals surface area contributed by atoms with Gasteiger partial charge in [-0.3, -0.25) is 0 Å². The predicted molar refractivity (Wildman–Crippen MR) is 92.3 cm³/mol. The van der Waals surface area contributed by atoms with E-state index >= 15 is 0 Å². The van der Waals surface area contributed by atoms with Crippen LogP contribution in [0.4, 0.5) is 17.6 Å². The highest BCUT2D eigenvalue weighted by molar-refractivity contribution is 5.37. The van der Waals surface area contributed by atoms with Gasteiger partial charge >= 0.3 is 6.18 Å². The Bertz CT molecular complexity index is 750. The second-order valence-corrected chi connectivity index (χ2v) is 6.80. The van der Waals surface area contributed by atoms with Crippen LogP contribution in [0.15, 0.2) is 36.4 Å². The van der Waals surface area contributed by atoms with Crippen molar-refractivity contribution >= 4 is 0 Å². The maximum Gasteiger partial charge on any atom is 0.416 e. The zero-order chi connectivity index (χ0) is 18.7. The summed E-state index contributed by atoms with van der Waals surface area (Å²) in [5.74, 6) is -0.241. The molecule has 0 saturated carbocycles. The Morgan fingerprint density at radius 2 is 1.81 bits per heavy atom. The van der Waals surface area contributed by atoms with Crippen LogP contribution in [0, 0.1) is 5.82 Å². The fourth-order valence-electron chi connectivity index (χ4n) is 3.37. The molecular weight excluding hydrogens is 344 g/mol. The normalized spacial score (nSPS) is 17.2. The number of hydrogen-bond donors (Lipinski definition) is 0. The smallest absolute Gasteiger partial charge is 0.368 e. The van der Waals surface area contributed by atoms with Gasteiger partial charge in [-0.05, 0) is 53.3 Å². The average Bonchev–Trinajstić information content (AvgIpc) is 2.61. The highest BCUT2D eigenvalue weighted by Gasteiger charge is 2.31. The molecule has 0 aliphatic carbocycles. The minimum absolute atomic E-state index is 0.241. The van der Waals surface area contributed by atoms with Gasteiger partial charge in [0.05, 0.1) is 18.3 Å². The van der Waals surface area contributed by atoms with Crippen molar-refractivity contribution in [2.45, 2.75) is 57.9 Å². The molecule has 0 fully saturated rings. The molecule has 1 aliphatic heterocycles. The summed E-state index contributed by atoms with van der Waals surface area (Å²) in [4.78, 5) is 0. The third-order valence-electron chi connectivity index (χ3n) is 4.86. The monoisotopic (exact) mass is 366 g/mol. The first-order valence-corrected chi connectivity index (χ1v) is 8.97. The number of alkyl halides is 3. The van der Waals surface area contributed by atoms with E-state index in [9.17, 15) is 17.6 Å².